The molecule has 3 heterocycles. The van der Waals surface area contributed by atoms with Crippen LogP contribution in [0.4, 0.5) is 13.2 Å². The molecule has 1 aliphatic heterocycles. The fourth-order valence-corrected chi connectivity index (χ4v) is 7.77. The van der Waals surface area contributed by atoms with Crippen molar-refractivity contribution in [2.24, 2.45) is 0 Å². The Morgan fingerprint density at radius 2 is 1.73 bits per heavy atom. The van der Waals surface area contributed by atoms with Crippen molar-refractivity contribution in [3.63, 3.8) is 0 Å². The molecule has 2 N–H and O–H groups in total. The summed E-state index contributed by atoms with van der Waals surface area (Å²) in [6.07, 6.45) is -3.02. The molecule has 0 fully saturated rings. The number of aromatic nitrogens is 1. The summed E-state index contributed by atoms with van der Waals surface area (Å²) in [4.78, 5) is 4.86. The van der Waals surface area contributed by atoms with Gasteiger partial charge in [0, 0.05) is 38.8 Å². The van der Waals surface area contributed by atoms with E-state index in [1.54, 1.807) is 42.5 Å². The van der Waals surface area contributed by atoms with Crippen LogP contribution in [-0.2, 0) is 15.6 Å². The van der Waals surface area contributed by atoms with Crippen LogP contribution in [0.15, 0.2) is 90.0 Å². The van der Waals surface area contributed by atoms with Crippen LogP contribution in [-0.4, -0.2) is 37.9 Å². The smallest absolute Gasteiger partial charge is 0.421 e. The number of thiophene rings is 1. The second kappa shape index (κ2) is 11.9. The molecular weight excluding hydrogens is 649 g/mol. The lowest BCUT2D eigenvalue weighted by Gasteiger charge is -2.26. The van der Waals surface area contributed by atoms with E-state index >= 15 is 0 Å². The minimum absolute atomic E-state index is 0.0247. The van der Waals surface area contributed by atoms with E-state index in [1.807, 2.05) is 12.1 Å². The van der Waals surface area contributed by atoms with Gasteiger partial charge in [-0.15, -0.1) is 11.3 Å². The maximum atomic E-state index is 13.8. The molecule has 0 bridgehead atoms. The number of nitrogens with zero attached hydrogens (tertiary/aromatic N) is 1. The van der Waals surface area contributed by atoms with Crippen LogP contribution in [0.5, 0.6) is 11.5 Å². The lowest BCUT2D eigenvalue weighted by molar-refractivity contribution is -0.258. The Labute approximate surface area is 266 Å². The van der Waals surface area contributed by atoms with E-state index in [9.17, 15) is 26.7 Å². The van der Waals surface area contributed by atoms with Gasteiger partial charge in [-0.1, -0.05) is 48.0 Å². The molecule has 0 aliphatic carbocycles. The maximum absolute atomic E-state index is 13.8. The van der Waals surface area contributed by atoms with E-state index in [4.69, 9.17) is 21.1 Å². The summed E-state index contributed by atoms with van der Waals surface area (Å²) in [7, 11) is -4.14. The average molecular weight is 675 g/mol. The molecule has 0 saturated heterocycles. The Morgan fingerprint density at radius 1 is 0.978 bits per heavy atom. The van der Waals surface area contributed by atoms with Gasteiger partial charge < -0.3 is 14.6 Å². The third kappa shape index (κ3) is 6.12. The number of hydrogen-bond donors (Lipinski definition) is 2. The summed E-state index contributed by atoms with van der Waals surface area (Å²) in [6.45, 7) is 1.54. The van der Waals surface area contributed by atoms with Crippen LogP contribution in [0, 0.1) is 0 Å². The summed E-state index contributed by atoms with van der Waals surface area (Å²) in [5.74, 6) is 0.788. The third-order valence-electron chi connectivity index (χ3n) is 7.52. The van der Waals surface area contributed by atoms with Crippen molar-refractivity contribution in [3.8, 4) is 22.8 Å². The standard InChI is InChI=1S/C32H26ClF3N2O5S2/c1-31(39,32(34,35)36)20-12-13-37-25(17-20)23-8-4-6-19-16-28(44-30(19)23)29(22-7-2-3-9-24(22)33)38-45(40,41)21-10-11-26-27(18-21)43-15-5-14-42-26/h2-4,6-13,16-18,29,38-39H,5,14-15H2,1H3/t29-,31?/m0/s1. The largest absolute Gasteiger partial charge is 0.490 e. The molecule has 2 aromatic heterocycles. The Morgan fingerprint density at radius 3 is 2.49 bits per heavy atom. The van der Waals surface area contributed by atoms with Crippen molar-refractivity contribution >= 4 is 43.0 Å². The molecule has 1 aliphatic rings. The molecule has 1 unspecified atom stereocenters. The first kappa shape index (κ1) is 31.3. The number of sulfonamides is 1. The Bertz CT molecular complexity index is 2000. The third-order valence-corrected chi connectivity index (χ3v) is 10.5. The minimum Gasteiger partial charge on any atom is -0.490 e. The van der Waals surface area contributed by atoms with Gasteiger partial charge in [-0.05, 0) is 59.8 Å². The van der Waals surface area contributed by atoms with Crippen molar-refractivity contribution in [3.05, 3.63) is 106 Å². The van der Waals surface area contributed by atoms with Gasteiger partial charge in [-0.2, -0.15) is 17.9 Å². The number of ether oxygens (including phenoxy) is 2. The zero-order valence-electron chi connectivity index (χ0n) is 23.6. The van der Waals surface area contributed by atoms with E-state index in [1.165, 1.54) is 35.7 Å². The van der Waals surface area contributed by atoms with Crippen LogP contribution >= 0.6 is 22.9 Å². The highest BCUT2D eigenvalue weighted by molar-refractivity contribution is 7.89. The predicted molar refractivity (Wildman–Crippen MR) is 166 cm³/mol. The second-order valence-corrected chi connectivity index (χ2v) is 13.8. The Hall–Kier alpha value is -3.68. The monoisotopic (exact) mass is 674 g/mol. The molecule has 5 aromatic rings. The second-order valence-electron chi connectivity index (χ2n) is 10.6. The van der Waals surface area contributed by atoms with Gasteiger partial charge in [0.1, 0.15) is 0 Å². The molecule has 6 rings (SSSR count). The zero-order valence-corrected chi connectivity index (χ0v) is 26.0. The van der Waals surface area contributed by atoms with Crippen molar-refractivity contribution in [1.29, 1.82) is 0 Å². The summed E-state index contributed by atoms with van der Waals surface area (Å²) < 4.78 is 83.2. The highest BCUT2D eigenvalue weighted by Crippen LogP contribution is 2.43. The first-order valence-electron chi connectivity index (χ1n) is 13.8. The average Bonchev–Trinajstić information content (AvgIpc) is 3.30. The maximum Gasteiger partial charge on any atom is 0.421 e. The van der Waals surface area contributed by atoms with E-state index in [-0.39, 0.29) is 16.2 Å². The number of hydrogen-bond acceptors (Lipinski definition) is 7. The van der Waals surface area contributed by atoms with Gasteiger partial charge >= 0.3 is 6.18 Å². The number of nitrogens with one attached hydrogen (secondary N) is 1. The minimum atomic E-state index is -4.90. The predicted octanol–water partition coefficient (Wildman–Crippen LogP) is 7.62. The molecule has 45 heavy (non-hydrogen) atoms. The highest BCUT2D eigenvalue weighted by atomic mass is 35.5. The van der Waals surface area contributed by atoms with Crippen molar-refractivity contribution in [2.75, 3.05) is 13.2 Å². The zero-order chi connectivity index (χ0) is 32.0. The van der Waals surface area contributed by atoms with Crippen molar-refractivity contribution in [2.45, 2.75) is 36.1 Å². The molecule has 13 heteroatoms. The first-order valence-corrected chi connectivity index (χ1v) is 16.5. The fourth-order valence-electron chi connectivity index (χ4n) is 4.99. The summed E-state index contributed by atoms with van der Waals surface area (Å²) in [5.41, 5.74) is -2.19. The molecule has 0 saturated carbocycles. The molecule has 0 radical (unpaired) electrons. The van der Waals surface area contributed by atoms with Crippen LogP contribution in [0.2, 0.25) is 5.02 Å². The van der Waals surface area contributed by atoms with Gasteiger partial charge in [0.15, 0.2) is 17.1 Å². The molecule has 3 aromatic carbocycles. The van der Waals surface area contributed by atoms with Crippen LogP contribution in [0.3, 0.4) is 0 Å². The number of fused-ring (bicyclic) bond motifs is 2. The quantitative estimate of drug-likeness (QED) is 0.184. The molecule has 2 atom stereocenters. The van der Waals surface area contributed by atoms with Crippen LogP contribution in [0.25, 0.3) is 21.3 Å². The van der Waals surface area contributed by atoms with Gasteiger partial charge in [0.25, 0.3) is 0 Å². The summed E-state index contributed by atoms with van der Waals surface area (Å²) in [6, 6.07) is 19.8. The number of halogens is 4. The van der Waals surface area contributed by atoms with E-state index in [2.05, 4.69) is 9.71 Å². The van der Waals surface area contributed by atoms with Crippen LogP contribution in [0.1, 0.15) is 35.4 Å². The Kier molecular flexibility index (Phi) is 8.29. The topological polar surface area (TPSA) is 97.8 Å². The van der Waals surface area contributed by atoms with E-state index in [0.717, 1.165) is 6.07 Å². The molecule has 0 spiro atoms. The lowest BCUT2D eigenvalue weighted by Crippen LogP contribution is -2.39. The van der Waals surface area contributed by atoms with Gasteiger partial charge in [0.2, 0.25) is 10.0 Å². The molecule has 234 valence electrons. The first-order chi connectivity index (χ1) is 21.3. The Balaban J connectivity index is 1.43. The van der Waals surface area contributed by atoms with Crippen molar-refractivity contribution in [1.82, 2.24) is 9.71 Å². The van der Waals surface area contributed by atoms with Crippen LogP contribution < -0.4 is 14.2 Å². The number of alkyl halides is 3. The van der Waals surface area contributed by atoms with Gasteiger partial charge in [0.05, 0.1) is 29.8 Å². The number of benzene rings is 3. The summed E-state index contributed by atoms with van der Waals surface area (Å²) >= 11 is 7.84. The lowest BCUT2D eigenvalue weighted by atomic mass is 9.94. The molecular formula is C32H26ClF3N2O5S2. The molecule has 0 amide bonds. The van der Waals surface area contributed by atoms with Crippen molar-refractivity contribution < 1.29 is 36.2 Å². The van der Waals surface area contributed by atoms with Gasteiger partial charge in [-0.25, -0.2) is 8.42 Å². The number of rotatable bonds is 7. The van der Waals surface area contributed by atoms with Gasteiger partial charge in [-0.3, -0.25) is 4.98 Å². The summed E-state index contributed by atoms with van der Waals surface area (Å²) in [5, 5.41) is 11.3. The molecule has 7 nitrogen and oxygen atoms in total. The normalized spacial score (nSPS) is 15.8. The number of pyridine rings is 1. The van der Waals surface area contributed by atoms with E-state index < -0.39 is 27.8 Å². The highest BCUT2D eigenvalue weighted by Gasteiger charge is 2.51. The number of aliphatic hydroxyl groups is 1. The fraction of sp³-hybridized carbons (Fsp3) is 0.219. The SMILES string of the molecule is CC(O)(c1ccnc(-c2cccc3cc([C@@H](NS(=O)(=O)c4ccc5c(c4)OCCCO5)c4ccccc4Cl)sc23)c1)C(F)(F)F. The van der Waals surface area contributed by atoms with E-state index in [0.29, 0.717) is 69.2 Å².